The van der Waals surface area contributed by atoms with Crippen molar-refractivity contribution < 1.29 is 13.2 Å². The predicted molar refractivity (Wildman–Crippen MR) is 82.2 cm³/mol. The number of nitrogens with one attached hydrogen (secondary N) is 1. The number of carbonyl (C=O) groups is 1. The summed E-state index contributed by atoms with van der Waals surface area (Å²) in [7, 11) is -3.04. The highest BCUT2D eigenvalue weighted by molar-refractivity contribution is 7.91. The van der Waals surface area contributed by atoms with Crippen LogP contribution >= 0.6 is 0 Å². The van der Waals surface area contributed by atoms with E-state index in [9.17, 15) is 13.2 Å². The number of hydrogen-bond acceptors (Lipinski definition) is 6. The Hall–Kier alpha value is -2.29. The molecule has 0 saturated carbocycles. The molecule has 23 heavy (non-hydrogen) atoms. The van der Waals surface area contributed by atoms with Crippen molar-refractivity contribution in [1.29, 1.82) is 0 Å². The lowest BCUT2D eigenvalue weighted by molar-refractivity contribution is -0.125. The molecule has 0 bridgehead atoms. The molecule has 1 aliphatic rings. The van der Waals surface area contributed by atoms with Crippen LogP contribution in [0.5, 0.6) is 0 Å². The predicted octanol–water partition coefficient (Wildman–Crippen LogP) is -0.240. The van der Waals surface area contributed by atoms with Gasteiger partial charge in [-0.25, -0.2) is 13.1 Å². The van der Waals surface area contributed by atoms with Crippen molar-refractivity contribution in [2.45, 2.75) is 24.9 Å². The van der Waals surface area contributed by atoms with Crippen molar-refractivity contribution in [2.24, 2.45) is 0 Å². The molecular weight excluding hydrogens is 318 g/mol. The quantitative estimate of drug-likeness (QED) is 0.808. The molecule has 1 aromatic heterocycles. The van der Waals surface area contributed by atoms with Crippen molar-refractivity contribution in [1.82, 2.24) is 25.5 Å². The number of sulfone groups is 1. The molecule has 0 aliphatic carbocycles. The van der Waals surface area contributed by atoms with E-state index in [0.717, 1.165) is 5.56 Å². The van der Waals surface area contributed by atoms with Gasteiger partial charge in [-0.3, -0.25) is 4.79 Å². The number of hydrogen-bond donors (Lipinski definition) is 1. The molecule has 122 valence electrons. The lowest BCUT2D eigenvalue weighted by atomic mass is 10.1. The largest absolute Gasteiger partial charge is 0.350 e. The summed E-state index contributed by atoms with van der Waals surface area (Å²) < 4.78 is 24.4. The highest BCUT2D eigenvalue weighted by atomic mass is 32.2. The SMILES string of the molecule is O=C(N[C@H]1CCS(=O)(=O)C1)[C@H](Cc1ccccc1)n1cnnn1. The summed E-state index contributed by atoms with van der Waals surface area (Å²) in [6.07, 6.45) is 2.26. The van der Waals surface area contributed by atoms with E-state index in [1.807, 2.05) is 30.3 Å². The number of rotatable bonds is 5. The van der Waals surface area contributed by atoms with Crippen molar-refractivity contribution >= 4 is 15.7 Å². The van der Waals surface area contributed by atoms with Crippen LogP contribution in [0, 0.1) is 0 Å². The summed E-state index contributed by atoms with van der Waals surface area (Å²) >= 11 is 0. The number of aromatic nitrogens is 4. The molecule has 8 nitrogen and oxygen atoms in total. The van der Waals surface area contributed by atoms with Gasteiger partial charge in [0.25, 0.3) is 0 Å². The van der Waals surface area contributed by atoms with Crippen LogP contribution in [0.3, 0.4) is 0 Å². The summed E-state index contributed by atoms with van der Waals surface area (Å²) in [5.41, 5.74) is 0.974. The maximum Gasteiger partial charge on any atom is 0.245 e. The molecule has 1 aliphatic heterocycles. The molecule has 1 N–H and O–H groups in total. The minimum atomic E-state index is -3.04. The van der Waals surface area contributed by atoms with E-state index in [-0.39, 0.29) is 23.5 Å². The van der Waals surface area contributed by atoms with Crippen molar-refractivity contribution in [2.75, 3.05) is 11.5 Å². The Balaban J connectivity index is 1.74. The maximum atomic E-state index is 12.6. The number of benzene rings is 1. The van der Waals surface area contributed by atoms with Crippen LogP contribution in [0.25, 0.3) is 0 Å². The lowest BCUT2D eigenvalue weighted by Gasteiger charge is -2.19. The smallest absolute Gasteiger partial charge is 0.245 e. The van der Waals surface area contributed by atoms with Gasteiger partial charge in [-0.15, -0.1) is 5.10 Å². The first-order chi connectivity index (χ1) is 11.0. The monoisotopic (exact) mass is 335 g/mol. The molecule has 2 atom stereocenters. The Kier molecular flexibility index (Phi) is 4.37. The first-order valence-corrected chi connectivity index (χ1v) is 9.13. The fourth-order valence-corrected chi connectivity index (χ4v) is 4.33. The topological polar surface area (TPSA) is 107 Å². The van der Waals surface area contributed by atoms with Gasteiger partial charge >= 0.3 is 0 Å². The van der Waals surface area contributed by atoms with Gasteiger partial charge in [0.1, 0.15) is 12.4 Å². The molecule has 2 heterocycles. The third-order valence-corrected chi connectivity index (χ3v) is 5.61. The van der Waals surface area contributed by atoms with E-state index in [0.29, 0.717) is 12.8 Å². The van der Waals surface area contributed by atoms with E-state index in [2.05, 4.69) is 20.8 Å². The Bertz CT molecular complexity index is 761. The molecule has 1 saturated heterocycles. The van der Waals surface area contributed by atoms with Crippen LogP contribution in [-0.2, 0) is 21.1 Å². The van der Waals surface area contributed by atoms with Gasteiger partial charge in [0.15, 0.2) is 9.84 Å². The molecular formula is C14H17N5O3S. The van der Waals surface area contributed by atoms with Crippen LogP contribution in [0.2, 0.25) is 0 Å². The molecule has 0 spiro atoms. The molecule has 3 rings (SSSR count). The second kappa shape index (κ2) is 6.45. The van der Waals surface area contributed by atoms with Gasteiger partial charge in [-0.2, -0.15) is 0 Å². The fourth-order valence-electron chi connectivity index (χ4n) is 2.66. The third-order valence-electron chi connectivity index (χ3n) is 3.84. The first kappa shape index (κ1) is 15.6. The second-order valence-corrected chi connectivity index (χ2v) is 7.83. The van der Waals surface area contributed by atoms with Crippen molar-refractivity contribution in [3.05, 3.63) is 42.2 Å². The zero-order valence-electron chi connectivity index (χ0n) is 12.4. The Labute approximate surface area is 133 Å². The van der Waals surface area contributed by atoms with E-state index in [1.165, 1.54) is 11.0 Å². The summed E-state index contributed by atoms with van der Waals surface area (Å²) in [6.45, 7) is 0. The lowest BCUT2D eigenvalue weighted by Crippen LogP contribution is -2.41. The minimum Gasteiger partial charge on any atom is -0.350 e. The molecule has 1 aromatic carbocycles. The van der Waals surface area contributed by atoms with E-state index in [4.69, 9.17) is 0 Å². The molecule has 1 fully saturated rings. The van der Waals surface area contributed by atoms with Gasteiger partial charge in [0.2, 0.25) is 5.91 Å². The second-order valence-electron chi connectivity index (χ2n) is 5.60. The average Bonchev–Trinajstić information content (AvgIpc) is 3.15. The summed E-state index contributed by atoms with van der Waals surface area (Å²) in [5.74, 6) is -0.165. The summed E-state index contributed by atoms with van der Waals surface area (Å²) in [4.78, 5) is 12.6. The van der Waals surface area contributed by atoms with Gasteiger partial charge in [0, 0.05) is 12.5 Å². The molecule has 2 aromatic rings. The van der Waals surface area contributed by atoms with Crippen LogP contribution in [0.1, 0.15) is 18.0 Å². The van der Waals surface area contributed by atoms with Crippen LogP contribution in [0.15, 0.2) is 36.7 Å². The number of nitrogens with zero attached hydrogens (tertiary/aromatic N) is 4. The van der Waals surface area contributed by atoms with Gasteiger partial charge in [-0.1, -0.05) is 30.3 Å². The number of tetrazole rings is 1. The average molecular weight is 335 g/mol. The zero-order valence-corrected chi connectivity index (χ0v) is 13.2. The summed E-state index contributed by atoms with van der Waals surface area (Å²) in [5, 5.41) is 13.8. The van der Waals surface area contributed by atoms with Crippen molar-refractivity contribution in [3.63, 3.8) is 0 Å². The first-order valence-electron chi connectivity index (χ1n) is 7.31. The Morgan fingerprint density at radius 1 is 1.35 bits per heavy atom. The molecule has 0 unspecified atom stereocenters. The van der Waals surface area contributed by atoms with Crippen LogP contribution in [-0.4, -0.2) is 52.1 Å². The standard InChI is InChI=1S/C14H17N5O3S/c20-14(16-12-6-7-23(21,22)9-12)13(19-10-15-17-18-19)8-11-4-2-1-3-5-11/h1-5,10,12-13H,6-9H2,(H,16,20)/t12-,13-/m0/s1. The minimum absolute atomic E-state index is 0.00754. The highest BCUT2D eigenvalue weighted by Crippen LogP contribution is 2.16. The Morgan fingerprint density at radius 3 is 2.74 bits per heavy atom. The highest BCUT2D eigenvalue weighted by Gasteiger charge is 2.31. The van der Waals surface area contributed by atoms with Crippen LogP contribution in [0.4, 0.5) is 0 Å². The normalized spacial score (nSPS) is 21.0. The Morgan fingerprint density at radius 2 is 2.13 bits per heavy atom. The van der Waals surface area contributed by atoms with E-state index in [1.54, 1.807) is 0 Å². The van der Waals surface area contributed by atoms with Gasteiger partial charge in [-0.05, 0) is 22.4 Å². The van der Waals surface area contributed by atoms with Crippen molar-refractivity contribution in [3.8, 4) is 0 Å². The maximum absolute atomic E-state index is 12.6. The van der Waals surface area contributed by atoms with Crippen LogP contribution < -0.4 is 5.32 Å². The summed E-state index contributed by atoms with van der Waals surface area (Å²) in [6, 6.07) is 8.58. The zero-order chi connectivity index (χ0) is 16.3. The van der Waals surface area contributed by atoms with Gasteiger partial charge in [0.05, 0.1) is 11.5 Å². The molecule has 1 amide bonds. The van der Waals surface area contributed by atoms with E-state index < -0.39 is 15.9 Å². The fraction of sp³-hybridized carbons (Fsp3) is 0.429. The molecule has 9 heteroatoms. The molecule has 0 radical (unpaired) electrons. The van der Waals surface area contributed by atoms with Gasteiger partial charge < -0.3 is 5.32 Å². The third kappa shape index (κ3) is 3.92. The number of amides is 1. The number of carbonyl (C=O) groups excluding carboxylic acids is 1. The van der Waals surface area contributed by atoms with E-state index >= 15 is 0 Å².